The third-order valence-electron chi connectivity index (χ3n) is 4.20. The first-order valence-electron chi connectivity index (χ1n) is 8.78. The molecule has 1 atom stereocenters. The maximum Gasteiger partial charge on any atom is 0.254 e. The minimum Gasteiger partial charge on any atom is -0.396 e. The molecular formula is C20H29N3O2. The number of rotatable bonds is 6. The summed E-state index contributed by atoms with van der Waals surface area (Å²) in [5, 5.41) is 16.6. The second kappa shape index (κ2) is 7.83. The van der Waals surface area contributed by atoms with Gasteiger partial charge in [0.05, 0.1) is 16.9 Å². The van der Waals surface area contributed by atoms with Crippen molar-refractivity contribution in [1.82, 2.24) is 15.1 Å². The van der Waals surface area contributed by atoms with Gasteiger partial charge in [0.1, 0.15) is 0 Å². The van der Waals surface area contributed by atoms with Crippen LogP contribution in [0.1, 0.15) is 55.7 Å². The molecule has 0 spiro atoms. The van der Waals surface area contributed by atoms with Crippen LogP contribution in [0.4, 0.5) is 0 Å². The number of aromatic nitrogens is 2. The zero-order valence-corrected chi connectivity index (χ0v) is 15.8. The lowest BCUT2D eigenvalue weighted by atomic mass is 9.89. The van der Waals surface area contributed by atoms with E-state index in [1.807, 2.05) is 38.1 Å². The summed E-state index contributed by atoms with van der Waals surface area (Å²) in [6, 6.07) is 8.06. The highest BCUT2D eigenvalue weighted by Crippen LogP contribution is 2.25. The van der Waals surface area contributed by atoms with Crippen molar-refractivity contribution >= 4 is 5.91 Å². The van der Waals surface area contributed by atoms with Crippen LogP contribution in [-0.4, -0.2) is 33.9 Å². The lowest BCUT2D eigenvalue weighted by Crippen LogP contribution is -2.30. The Morgan fingerprint density at radius 3 is 2.48 bits per heavy atom. The quantitative estimate of drug-likeness (QED) is 0.846. The fourth-order valence-corrected chi connectivity index (χ4v) is 2.61. The third kappa shape index (κ3) is 4.92. The van der Waals surface area contributed by atoms with E-state index in [1.165, 1.54) is 5.56 Å². The number of carbonyl (C=O) groups is 1. The zero-order chi connectivity index (χ0) is 18.6. The molecule has 136 valence electrons. The van der Waals surface area contributed by atoms with Crippen molar-refractivity contribution in [2.75, 3.05) is 13.2 Å². The van der Waals surface area contributed by atoms with Crippen molar-refractivity contribution in [3.8, 4) is 5.69 Å². The molecule has 2 N–H and O–H groups in total. The first-order chi connectivity index (χ1) is 11.7. The zero-order valence-electron chi connectivity index (χ0n) is 15.8. The molecule has 1 heterocycles. The topological polar surface area (TPSA) is 67.2 Å². The lowest BCUT2D eigenvalue weighted by Gasteiger charge is -2.17. The van der Waals surface area contributed by atoms with Gasteiger partial charge >= 0.3 is 0 Å². The van der Waals surface area contributed by atoms with Crippen molar-refractivity contribution in [3.63, 3.8) is 0 Å². The molecule has 1 aromatic carbocycles. The van der Waals surface area contributed by atoms with Crippen LogP contribution >= 0.6 is 0 Å². The molecule has 0 aliphatic rings. The molecule has 0 saturated heterocycles. The lowest BCUT2D eigenvalue weighted by molar-refractivity contribution is 0.0943. The van der Waals surface area contributed by atoms with Gasteiger partial charge < -0.3 is 10.4 Å². The van der Waals surface area contributed by atoms with Gasteiger partial charge in [-0.1, -0.05) is 45.4 Å². The van der Waals surface area contributed by atoms with Gasteiger partial charge in [-0.2, -0.15) is 5.10 Å². The minimum atomic E-state index is -0.237. The van der Waals surface area contributed by atoms with E-state index in [2.05, 4.69) is 31.2 Å². The van der Waals surface area contributed by atoms with E-state index in [9.17, 15) is 4.79 Å². The van der Waals surface area contributed by atoms with Crippen LogP contribution in [0.2, 0.25) is 0 Å². The van der Waals surface area contributed by atoms with Gasteiger partial charge in [-0.25, -0.2) is 4.68 Å². The molecule has 1 unspecified atom stereocenters. The first-order valence-corrected chi connectivity index (χ1v) is 8.78. The predicted molar refractivity (Wildman–Crippen MR) is 100 cm³/mol. The van der Waals surface area contributed by atoms with E-state index in [1.54, 1.807) is 10.9 Å². The molecular weight excluding hydrogens is 314 g/mol. The van der Waals surface area contributed by atoms with Crippen LogP contribution < -0.4 is 5.32 Å². The Bertz CT molecular complexity index is 712. The van der Waals surface area contributed by atoms with Crippen molar-refractivity contribution in [2.24, 2.45) is 5.92 Å². The Morgan fingerprint density at radius 1 is 1.28 bits per heavy atom. The van der Waals surface area contributed by atoms with Gasteiger partial charge in [0.15, 0.2) is 0 Å². The van der Waals surface area contributed by atoms with E-state index in [0.29, 0.717) is 18.5 Å². The Hall–Kier alpha value is -2.14. The number of nitrogens with one attached hydrogen (secondary N) is 1. The van der Waals surface area contributed by atoms with Gasteiger partial charge in [-0.05, 0) is 31.4 Å². The van der Waals surface area contributed by atoms with Crippen LogP contribution in [0.3, 0.4) is 0 Å². The summed E-state index contributed by atoms with van der Waals surface area (Å²) >= 11 is 0. The molecule has 2 aromatic rings. The van der Waals surface area contributed by atoms with Crippen LogP contribution in [0.25, 0.3) is 5.69 Å². The number of hydrogen-bond donors (Lipinski definition) is 2. The molecule has 0 radical (unpaired) electrons. The van der Waals surface area contributed by atoms with Crippen molar-refractivity contribution in [2.45, 2.75) is 46.5 Å². The second-order valence-electron chi connectivity index (χ2n) is 7.75. The molecule has 1 aromatic heterocycles. The SMILES string of the molecule is Cc1ccc(-n2cc(C(=O)NCC(C)CCO)c(C(C)(C)C)n2)cc1. The summed E-state index contributed by atoms with van der Waals surface area (Å²) in [5.41, 5.74) is 3.26. The smallest absolute Gasteiger partial charge is 0.254 e. The van der Waals surface area contributed by atoms with E-state index in [0.717, 1.165) is 11.4 Å². The van der Waals surface area contributed by atoms with E-state index in [4.69, 9.17) is 5.11 Å². The number of aliphatic hydroxyl groups excluding tert-OH is 1. The second-order valence-corrected chi connectivity index (χ2v) is 7.75. The van der Waals surface area contributed by atoms with Gasteiger partial charge in [0.2, 0.25) is 0 Å². The van der Waals surface area contributed by atoms with Gasteiger partial charge in [-0.3, -0.25) is 4.79 Å². The van der Waals surface area contributed by atoms with E-state index < -0.39 is 0 Å². The monoisotopic (exact) mass is 343 g/mol. The van der Waals surface area contributed by atoms with Gasteiger partial charge in [0.25, 0.3) is 5.91 Å². The minimum absolute atomic E-state index is 0.118. The summed E-state index contributed by atoms with van der Waals surface area (Å²) < 4.78 is 1.77. The summed E-state index contributed by atoms with van der Waals surface area (Å²) in [7, 11) is 0. The highest BCUT2D eigenvalue weighted by molar-refractivity contribution is 5.95. The fourth-order valence-electron chi connectivity index (χ4n) is 2.61. The summed E-state index contributed by atoms with van der Waals surface area (Å²) in [4.78, 5) is 12.7. The number of aliphatic hydroxyl groups is 1. The molecule has 0 saturated carbocycles. The maximum atomic E-state index is 12.7. The van der Waals surface area contributed by atoms with Gasteiger partial charge in [-0.15, -0.1) is 0 Å². The number of nitrogens with zero attached hydrogens (tertiary/aromatic N) is 2. The molecule has 2 rings (SSSR count). The molecule has 5 heteroatoms. The van der Waals surface area contributed by atoms with E-state index in [-0.39, 0.29) is 23.8 Å². The van der Waals surface area contributed by atoms with Crippen LogP contribution in [-0.2, 0) is 5.41 Å². The summed E-state index contributed by atoms with van der Waals surface area (Å²) in [5.74, 6) is 0.118. The number of carbonyl (C=O) groups excluding carboxylic acids is 1. The Kier molecular flexibility index (Phi) is 6.01. The van der Waals surface area contributed by atoms with Crippen molar-refractivity contribution in [1.29, 1.82) is 0 Å². The number of benzene rings is 1. The van der Waals surface area contributed by atoms with Crippen molar-refractivity contribution < 1.29 is 9.90 Å². The van der Waals surface area contributed by atoms with Gasteiger partial charge in [0, 0.05) is 24.8 Å². The van der Waals surface area contributed by atoms with Crippen molar-refractivity contribution in [3.05, 3.63) is 47.3 Å². The Balaban J connectivity index is 2.29. The summed E-state index contributed by atoms with van der Waals surface area (Å²) in [6.45, 7) is 10.9. The van der Waals surface area contributed by atoms with Crippen LogP contribution in [0.15, 0.2) is 30.5 Å². The average molecular weight is 343 g/mol. The number of hydrogen-bond acceptors (Lipinski definition) is 3. The fraction of sp³-hybridized carbons (Fsp3) is 0.500. The highest BCUT2D eigenvalue weighted by Gasteiger charge is 2.26. The largest absolute Gasteiger partial charge is 0.396 e. The Morgan fingerprint density at radius 2 is 1.92 bits per heavy atom. The van der Waals surface area contributed by atoms with E-state index >= 15 is 0 Å². The standard InChI is InChI=1S/C20H29N3O2/c1-14-6-8-16(9-7-14)23-13-17(18(22-23)20(3,4)5)19(25)21-12-15(2)10-11-24/h6-9,13,15,24H,10-12H2,1-5H3,(H,21,25). The molecule has 25 heavy (non-hydrogen) atoms. The predicted octanol–water partition coefficient (Wildman–Crippen LogP) is 3.23. The van der Waals surface area contributed by atoms with Crippen LogP contribution in [0.5, 0.6) is 0 Å². The van der Waals surface area contributed by atoms with Crippen LogP contribution in [0, 0.1) is 12.8 Å². The molecule has 5 nitrogen and oxygen atoms in total. The molecule has 0 fully saturated rings. The number of amides is 1. The average Bonchev–Trinajstić information content (AvgIpc) is 2.99. The normalized spacial score (nSPS) is 12.9. The molecule has 0 aliphatic heterocycles. The molecule has 1 amide bonds. The summed E-state index contributed by atoms with van der Waals surface area (Å²) in [6.07, 6.45) is 2.48. The maximum absolute atomic E-state index is 12.7. The highest BCUT2D eigenvalue weighted by atomic mass is 16.3. The Labute approximate surface area is 150 Å². The number of aryl methyl sites for hydroxylation is 1. The molecule has 0 bridgehead atoms. The third-order valence-corrected chi connectivity index (χ3v) is 4.20. The first kappa shape index (κ1) is 19.2. The molecule has 0 aliphatic carbocycles.